The van der Waals surface area contributed by atoms with Crippen molar-refractivity contribution in [2.75, 3.05) is 0 Å². The molecule has 0 aliphatic heterocycles. The molecule has 0 aliphatic rings. The molecule has 106 valence electrons. The summed E-state index contributed by atoms with van der Waals surface area (Å²) in [4.78, 5) is 13.3. The van der Waals surface area contributed by atoms with E-state index in [1.165, 1.54) is 0 Å². The first-order chi connectivity index (χ1) is 9.72. The molecule has 2 rings (SSSR count). The zero-order valence-electron chi connectivity index (χ0n) is 11.6. The lowest BCUT2D eigenvalue weighted by Gasteiger charge is -2.20. The maximum Gasteiger partial charge on any atom is 0.237 e. The van der Waals surface area contributed by atoms with E-state index in [0.717, 1.165) is 16.9 Å². The van der Waals surface area contributed by atoms with Gasteiger partial charge in [-0.1, -0.05) is 49.7 Å². The zero-order valence-corrected chi connectivity index (χ0v) is 12.4. The topological polar surface area (TPSA) is 55.1 Å². The Kier molecular flexibility index (Phi) is 5.32. The summed E-state index contributed by atoms with van der Waals surface area (Å²) in [7, 11) is 0. The predicted octanol–water partition coefficient (Wildman–Crippen LogP) is 3.08. The molecule has 4 heteroatoms. The van der Waals surface area contributed by atoms with Gasteiger partial charge >= 0.3 is 0 Å². The smallest absolute Gasteiger partial charge is 0.237 e. The Hall–Kier alpha value is -1.65. The van der Waals surface area contributed by atoms with Crippen molar-refractivity contribution in [2.24, 2.45) is 5.73 Å². The minimum atomic E-state index is -0.439. The van der Waals surface area contributed by atoms with Crippen molar-refractivity contribution in [3.05, 3.63) is 58.3 Å². The summed E-state index contributed by atoms with van der Waals surface area (Å²) in [6.45, 7) is 2.03. The molecule has 0 spiro atoms. The molecule has 0 saturated heterocycles. The molecular formula is C16H20N2OS. The molecule has 1 aromatic heterocycles. The number of benzene rings is 1. The van der Waals surface area contributed by atoms with Crippen molar-refractivity contribution in [3.63, 3.8) is 0 Å². The minimum Gasteiger partial charge on any atom is -0.343 e. The normalized spacial score (nSPS) is 13.7. The van der Waals surface area contributed by atoms with Gasteiger partial charge in [0.25, 0.3) is 0 Å². The van der Waals surface area contributed by atoms with Crippen LogP contribution in [0.4, 0.5) is 0 Å². The molecule has 1 amide bonds. The average molecular weight is 288 g/mol. The van der Waals surface area contributed by atoms with Gasteiger partial charge in [0.1, 0.15) is 0 Å². The van der Waals surface area contributed by atoms with Gasteiger partial charge in [-0.05, 0) is 23.4 Å². The van der Waals surface area contributed by atoms with Crippen LogP contribution in [0.15, 0.2) is 47.8 Å². The average Bonchev–Trinajstić information content (AvgIpc) is 2.99. The lowest BCUT2D eigenvalue weighted by Crippen LogP contribution is -2.42. The van der Waals surface area contributed by atoms with Gasteiger partial charge in [-0.15, -0.1) is 11.3 Å². The Morgan fingerprint density at radius 1 is 1.25 bits per heavy atom. The lowest BCUT2D eigenvalue weighted by molar-refractivity contribution is -0.123. The summed E-state index contributed by atoms with van der Waals surface area (Å²) in [5, 5.41) is 5.08. The third kappa shape index (κ3) is 3.68. The third-order valence-corrected chi connectivity index (χ3v) is 4.12. The van der Waals surface area contributed by atoms with Crippen LogP contribution in [-0.2, 0) is 4.79 Å². The number of nitrogens with two attached hydrogens (primary N) is 1. The first-order valence-corrected chi connectivity index (χ1v) is 7.74. The van der Waals surface area contributed by atoms with E-state index in [1.807, 2.05) is 54.8 Å². The molecule has 2 aromatic rings. The summed E-state index contributed by atoms with van der Waals surface area (Å²) >= 11 is 1.64. The molecule has 3 N–H and O–H groups in total. The van der Waals surface area contributed by atoms with Gasteiger partial charge in [-0.3, -0.25) is 4.79 Å². The van der Waals surface area contributed by atoms with E-state index < -0.39 is 6.04 Å². The fourth-order valence-corrected chi connectivity index (χ4v) is 2.91. The molecule has 20 heavy (non-hydrogen) atoms. The van der Waals surface area contributed by atoms with Crippen molar-refractivity contribution < 1.29 is 4.79 Å². The second-order valence-electron chi connectivity index (χ2n) is 4.76. The van der Waals surface area contributed by atoms with Gasteiger partial charge in [-0.2, -0.15) is 0 Å². The summed E-state index contributed by atoms with van der Waals surface area (Å²) in [6.07, 6.45) is 1.61. The molecule has 3 nitrogen and oxygen atoms in total. The maximum atomic E-state index is 12.2. The van der Waals surface area contributed by atoms with Crippen molar-refractivity contribution in [3.8, 4) is 0 Å². The molecule has 2 atom stereocenters. The minimum absolute atomic E-state index is 0.0888. The summed E-state index contributed by atoms with van der Waals surface area (Å²) in [5.74, 6) is -0.0888. The van der Waals surface area contributed by atoms with Crippen molar-refractivity contribution >= 4 is 17.2 Å². The van der Waals surface area contributed by atoms with E-state index in [1.54, 1.807) is 11.3 Å². The highest BCUT2D eigenvalue weighted by atomic mass is 32.1. The molecule has 1 aromatic carbocycles. The quantitative estimate of drug-likeness (QED) is 0.858. The van der Waals surface area contributed by atoms with Gasteiger partial charge in [0, 0.05) is 4.88 Å². The summed E-state index contributed by atoms with van der Waals surface area (Å²) < 4.78 is 0. The van der Waals surface area contributed by atoms with Crippen LogP contribution in [0.2, 0.25) is 0 Å². The highest BCUT2D eigenvalue weighted by Crippen LogP contribution is 2.25. The molecule has 1 heterocycles. The summed E-state index contributed by atoms with van der Waals surface area (Å²) in [5.41, 5.74) is 6.97. The van der Waals surface area contributed by atoms with E-state index in [-0.39, 0.29) is 11.9 Å². The number of thiophene rings is 1. The first-order valence-electron chi connectivity index (χ1n) is 6.86. The second-order valence-corrected chi connectivity index (χ2v) is 5.74. The molecule has 0 aliphatic carbocycles. The Balaban J connectivity index is 2.18. The Labute approximate surface area is 123 Å². The number of amides is 1. The number of carbonyl (C=O) groups is 1. The van der Waals surface area contributed by atoms with Crippen LogP contribution in [0.3, 0.4) is 0 Å². The number of nitrogens with one attached hydrogen (secondary N) is 1. The van der Waals surface area contributed by atoms with Crippen LogP contribution in [-0.4, -0.2) is 11.9 Å². The summed E-state index contributed by atoms with van der Waals surface area (Å²) in [6, 6.07) is 13.5. The number of carbonyl (C=O) groups excluding carboxylic acids is 1. The van der Waals surface area contributed by atoms with E-state index in [4.69, 9.17) is 5.73 Å². The monoisotopic (exact) mass is 288 g/mol. The number of rotatable bonds is 6. The fourth-order valence-electron chi connectivity index (χ4n) is 2.11. The molecule has 2 unspecified atom stereocenters. The van der Waals surface area contributed by atoms with E-state index in [0.29, 0.717) is 6.42 Å². The largest absolute Gasteiger partial charge is 0.343 e. The van der Waals surface area contributed by atoms with Crippen LogP contribution in [0.25, 0.3) is 0 Å². The van der Waals surface area contributed by atoms with Gasteiger partial charge in [0.05, 0.1) is 12.1 Å². The molecule has 0 bridgehead atoms. The molecule has 0 saturated carbocycles. The van der Waals surface area contributed by atoms with Crippen molar-refractivity contribution in [2.45, 2.75) is 31.8 Å². The molecule has 0 fully saturated rings. The standard InChI is InChI=1S/C16H20N2OS/c1-2-7-13(17)16(19)18-15(14-10-6-11-20-14)12-8-4-3-5-9-12/h3-6,8-11,13,15H,2,7,17H2,1H3,(H,18,19). The second kappa shape index (κ2) is 7.22. The zero-order chi connectivity index (χ0) is 14.4. The van der Waals surface area contributed by atoms with E-state index in [9.17, 15) is 4.79 Å². The van der Waals surface area contributed by atoms with Gasteiger partial charge in [-0.25, -0.2) is 0 Å². The molecular weight excluding hydrogens is 268 g/mol. The number of hydrogen-bond acceptors (Lipinski definition) is 3. The Morgan fingerprint density at radius 2 is 2.00 bits per heavy atom. The van der Waals surface area contributed by atoms with Crippen molar-refractivity contribution in [1.29, 1.82) is 0 Å². The van der Waals surface area contributed by atoms with E-state index >= 15 is 0 Å². The Bertz CT molecular complexity index is 525. The maximum absolute atomic E-state index is 12.2. The van der Waals surface area contributed by atoms with Crippen LogP contribution >= 0.6 is 11.3 Å². The van der Waals surface area contributed by atoms with Crippen LogP contribution in [0.5, 0.6) is 0 Å². The van der Waals surface area contributed by atoms with Crippen LogP contribution < -0.4 is 11.1 Å². The highest BCUT2D eigenvalue weighted by Gasteiger charge is 2.20. The molecule has 0 radical (unpaired) electrons. The van der Waals surface area contributed by atoms with Crippen LogP contribution in [0.1, 0.15) is 36.2 Å². The van der Waals surface area contributed by atoms with Gasteiger partial charge in [0.15, 0.2) is 0 Å². The first kappa shape index (κ1) is 14.8. The van der Waals surface area contributed by atoms with Gasteiger partial charge in [0.2, 0.25) is 5.91 Å². The third-order valence-electron chi connectivity index (χ3n) is 3.18. The van der Waals surface area contributed by atoms with Crippen molar-refractivity contribution in [1.82, 2.24) is 5.32 Å². The lowest BCUT2D eigenvalue weighted by atomic mass is 10.0. The fraction of sp³-hybridized carbons (Fsp3) is 0.312. The number of hydrogen-bond donors (Lipinski definition) is 2. The van der Waals surface area contributed by atoms with Gasteiger partial charge < -0.3 is 11.1 Å². The van der Waals surface area contributed by atoms with E-state index in [2.05, 4.69) is 5.32 Å². The predicted molar refractivity (Wildman–Crippen MR) is 83.6 cm³/mol. The SMILES string of the molecule is CCCC(N)C(=O)NC(c1ccccc1)c1cccs1. The highest BCUT2D eigenvalue weighted by molar-refractivity contribution is 7.10. The van der Waals surface area contributed by atoms with Crippen LogP contribution in [0, 0.1) is 0 Å². The Morgan fingerprint density at radius 3 is 2.60 bits per heavy atom.